The maximum atomic E-state index is 13.1. The van der Waals surface area contributed by atoms with Crippen molar-refractivity contribution in [1.82, 2.24) is 14.8 Å². The third-order valence-electron chi connectivity index (χ3n) is 5.14. The summed E-state index contributed by atoms with van der Waals surface area (Å²) in [6.07, 6.45) is 1.66. The van der Waals surface area contributed by atoms with Gasteiger partial charge in [0.25, 0.3) is 0 Å². The molecule has 0 radical (unpaired) electrons. The lowest BCUT2D eigenvalue weighted by Crippen LogP contribution is -2.38. The standard InChI is InChI=1S/C25H26N4O2S/c1-18(2)29(20-11-5-4-6-12-20)23(30)17-32-25-27-26-24(22-14-8-7-10-19(22)3)28(25)16-21-13-9-15-31-21/h4-15,18H,16-17H2,1-3H3. The summed E-state index contributed by atoms with van der Waals surface area (Å²) in [5.74, 6) is 1.86. The van der Waals surface area contributed by atoms with Crippen LogP contribution in [0.2, 0.25) is 0 Å². The summed E-state index contributed by atoms with van der Waals surface area (Å²) in [4.78, 5) is 15.0. The van der Waals surface area contributed by atoms with Crippen LogP contribution in [0.1, 0.15) is 25.2 Å². The van der Waals surface area contributed by atoms with E-state index >= 15 is 0 Å². The first-order chi connectivity index (χ1) is 15.5. The van der Waals surface area contributed by atoms with Gasteiger partial charge in [0.2, 0.25) is 5.91 Å². The van der Waals surface area contributed by atoms with Gasteiger partial charge in [-0.1, -0.05) is 54.2 Å². The lowest BCUT2D eigenvalue weighted by molar-refractivity contribution is -0.116. The van der Waals surface area contributed by atoms with Crippen molar-refractivity contribution >= 4 is 23.4 Å². The molecule has 0 bridgehead atoms. The molecule has 2 heterocycles. The minimum absolute atomic E-state index is 0.0289. The normalized spacial score (nSPS) is 11.1. The van der Waals surface area contributed by atoms with Crippen LogP contribution in [0.25, 0.3) is 11.4 Å². The third-order valence-corrected chi connectivity index (χ3v) is 6.09. The molecule has 4 aromatic rings. The van der Waals surface area contributed by atoms with Crippen molar-refractivity contribution in [3.05, 3.63) is 84.3 Å². The Morgan fingerprint density at radius 3 is 2.47 bits per heavy atom. The highest BCUT2D eigenvalue weighted by Crippen LogP contribution is 2.28. The summed E-state index contributed by atoms with van der Waals surface area (Å²) in [6.45, 7) is 6.58. The molecule has 0 spiro atoms. The van der Waals surface area contributed by atoms with Crippen LogP contribution in [0.15, 0.2) is 82.6 Å². The number of aromatic nitrogens is 3. The number of nitrogens with zero attached hydrogens (tertiary/aromatic N) is 4. The highest BCUT2D eigenvalue weighted by Gasteiger charge is 2.22. The molecule has 0 aliphatic rings. The fraction of sp³-hybridized carbons (Fsp3) is 0.240. The number of furan rings is 1. The fourth-order valence-corrected chi connectivity index (χ4v) is 4.43. The summed E-state index contributed by atoms with van der Waals surface area (Å²) in [5, 5.41) is 9.58. The Bertz CT molecular complexity index is 1170. The van der Waals surface area contributed by atoms with E-state index < -0.39 is 0 Å². The van der Waals surface area contributed by atoms with Crippen molar-refractivity contribution in [3.63, 3.8) is 0 Å². The van der Waals surface area contributed by atoms with Crippen molar-refractivity contribution in [3.8, 4) is 11.4 Å². The average Bonchev–Trinajstić information content (AvgIpc) is 3.44. The Morgan fingerprint density at radius 2 is 1.78 bits per heavy atom. The van der Waals surface area contributed by atoms with Crippen molar-refractivity contribution in [2.24, 2.45) is 0 Å². The first-order valence-corrected chi connectivity index (χ1v) is 11.5. The maximum Gasteiger partial charge on any atom is 0.237 e. The van der Waals surface area contributed by atoms with Gasteiger partial charge in [-0.15, -0.1) is 10.2 Å². The van der Waals surface area contributed by atoms with Gasteiger partial charge in [0.05, 0.1) is 18.6 Å². The SMILES string of the molecule is Cc1ccccc1-c1nnc(SCC(=O)N(c2ccccc2)C(C)C)n1Cc1ccco1. The van der Waals surface area contributed by atoms with E-state index in [1.54, 1.807) is 6.26 Å². The van der Waals surface area contributed by atoms with Crippen molar-refractivity contribution in [1.29, 1.82) is 0 Å². The second-order valence-electron chi connectivity index (χ2n) is 7.77. The molecule has 2 aromatic heterocycles. The molecule has 0 fully saturated rings. The number of hydrogen-bond acceptors (Lipinski definition) is 5. The zero-order chi connectivity index (χ0) is 22.5. The quantitative estimate of drug-likeness (QED) is 0.338. The predicted octanol–water partition coefficient (Wildman–Crippen LogP) is 5.43. The van der Waals surface area contributed by atoms with E-state index in [2.05, 4.69) is 23.2 Å². The molecule has 7 heteroatoms. The van der Waals surface area contributed by atoms with Crippen molar-refractivity contribution in [2.45, 2.75) is 38.5 Å². The topological polar surface area (TPSA) is 64.2 Å². The average molecular weight is 447 g/mol. The molecular formula is C25H26N4O2S. The Hall–Kier alpha value is -3.32. The zero-order valence-electron chi connectivity index (χ0n) is 18.4. The predicted molar refractivity (Wildman–Crippen MR) is 128 cm³/mol. The van der Waals surface area contributed by atoms with Gasteiger partial charge >= 0.3 is 0 Å². The van der Waals surface area contributed by atoms with Gasteiger partial charge in [0.1, 0.15) is 5.76 Å². The van der Waals surface area contributed by atoms with E-state index in [1.807, 2.05) is 84.0 Å². The number of anilines is 1. The van der Waals surface area contributed by atoms with Crippen LogP contribution in [0.3, 0.4) is 0 Å². The number of carbonyl (C=O) groups excluding carboxylic acids is 1. The Kier molecular flexibility index (Phi) is 6.75. The lowest BCUT2D eigenvalue weighted by Gasteiger charge is -2.26. The van der Waals surface area contributed by atoms with Gasteiger partial charge in [-0.3, -0.25) is 9.36 Å². The van der Waals surface area contributed by atoms with Crippen LogP contribution in [-0.4, -0.2) is 32.5 Å². The summed E-state index contributed by atoms with van der Waals surface area (Å²) in [6, 6.07) is 21.7. The summed E-state index contributed by atoms with van der Waals surface area (Å²) in [5.41, 5.74) is 3.02. The Morgan fingerprint density at radius 1 is 1.03 bits per heavy atom. The molecule has 2 aromatic carbocycles. The Labute approximate surface area is 192 Å². The number of carbonyl (C=O) groups is 1. The largest absolute Gasteiger partial charge is 0.467 e. The highest BCUT2D eigenvalue weighted by molar-refractivity contribution is 7.99. The van der Waals surface area contributed by atoms with E-state index in [0.29, 0.717) is 11.7 Å². The van der Waals surface area contributed by atoms with Crippen molar-refractivity contribution in [2.75, 3.05) is 10.7 Å². The van der Waals surface area contributed by atoms with Gasteiger partial charge in [-0.05, 0) is 50.6 Å². The fourth-order valence-electron chi connectivity index (χ4n) is 3.63. The molecule has 0 saturated heterocycles. The second kappa shape index (κ2) is 9.87. The molecule has 0 atom stereocenters. The molecule has 0 aliphatic heterocycles. The molecule has 0 aliphatic carbocycles. The number of amides is 1. The number of aryl methyl sites for hydroxylation is 1. The number of benzene rings is 2. The smallest absolute Gasteiger partial charge is 0.237 e. The minimum Gasteiger partial charge on any atom is -0.467 e. The van der Waals surface area contributed by atoms with E-state index in [1.165, 1.54) is 11.8 Å². The van der Waals surface area contributed by atoms with Crippen LogP contribution < -0.4 is 4.90 Å². The summed E-state index contributed by atoms with van der Waals surface area (Å²) < 4.78 is 7.59. The van der Waals surface area contributed by atoms with Crippen LogP contribution >= 0.6 is 11.8 Å². The van der Waals surface area contributed by atoms with E-state index in [9.17, 15) is 4.79 Å². The molecule has 1 amide bonds. The molecular weight excluding hydrogens is 420 g/mol. The molecule has 4 rings (SSSR count). The van der Waals surface area contributed by atoms with Gasteiger partial charge in [-0.2, -0.15) is 0 Å². The number of rotatable bonds is 8. The molecule has 164 valence electrons. The van der Waals surface area contributed by atoms with E-state index in [0.717, 1.165) is 28.4 Å². The third kappa shape index (κ3) is 4.78. The molecule has 0 N–H and O–H groups in total. The van der Waals surface area contributed by atoms with Crippen molar-refractivity contribution < 1.29 is 9.21 Å². The van der Waals surface area contributed by atoms with Crippen LogP contribution in [-0.2, 0) is 11.3 Å². The monoisotopic (exact) mass is 446 g/mol. The van der Waals surface area contributed by atoms with E-state index in [-0.39, 0.29) is 17.7 Å². The second-order valence-corrected chi connectivity index (χ2v) is 8.71. The molecule has 0 saturated carbocycles. The van der Waals surface area contributed by atoms with Crippen LogP contribution in [0.5, 0.6) is 0 Å². The number of hydrogen-bond donors (Lipinski definition) is 0. The van der Waals surface area contributed by atoms with Gasteiger partial charge in [0.15, 0.2) is 11.0 Å². The molecule has 32 heavy (non-hydrogen) atoms. The Balaban J connectivity index is 1.60. The van der Waals surface area contributed by atoms with Crippen LogP contribution in [0.4, 0.5) is 5.69 Å². The van der Waals surface area contributed by atoms with Gasteiger partial charge in [0, 0.05) is 17.3 Å². The zero-order valence-corrected chi connectivity index (χ0v) is 19.2. The first-order valence-electron chi connectivity index (χ1n) is 10.6. The summed E-state index contributed by atoms with van der Waals surface area (Å²) in [7, 11) is 0. The van der Waals surface area contributed by atoms with Gasteiger partial charge in [-0.25, -0.2) is 0 Å². The number of para-hydroxylation sites is 1. The van der Waals surface area contributed by atoms with Crippen LogP contribution in [0, 0.1) is 6.92 Å². The maximum absolute atomic E-state index is 13.1. The first kappa shape index (κ1) is 21.9. The number of thioether (sulfide) groups is 1. The highest BCUT2D eigenvalue weighted by atomic mass is 32.2. The lowest BCUT2D eigenvalue weighted by atomic mass is 10.1. The van der Waals surface area contributed by atoms with E-state index in [4.69, 9.17) is 4.42 Å². The molecule has 6 nitrogen and oxygen atoms in total. The summed E-state index contributed by atoms with van der Waals surface area (Å²) >= 11 is 1.40. The molecule has 0 unspecified atom stereocenters. The van der Waals surface area contributed by atoms with Gasteiger partial charge < -0.3 is 9.32 Å². The minimum atomic E-state index is 0.0289.